The van der Waals surface area contributed by atoms with Crippen LogP contribution in [0.25, 0.3) is 21.3 Å². The minimum Gasteiger partial charge on any atom is -0.481 e. The van der Waals surface area contributed by atoms with Crippen molar-refractivity contribution in [3.05, 3.63) is 65.1 Å². The van der Waals surface area contributed by atoms with E-state index in [0.29, 0.717) is 42.6 Å². The van der Waals surface area contributed by atoms with Gasteiger partial charge in [0.05, 0.1) is 28.6 Å². The number of nitrogens with zero attached hydrogens (tertiary/aromatic N) is 8. The first-order valence-corrected chi connectivity index (χ1v) is 22.5. The van der Waals surface area contributed by atoms with E-state index >= 15 is 0 Å². The van der Waals surface area contributed by atoms with Crippen molar-refractivity contribution in [1.29, 1.82) is 0 Å². The summed E-state index contributed by atoms with van der Waals surface area (Å²) in [6, 6.07) is 11.8. The lowest BCUT2D eigenvalue weighted by atomic mass is 9.44. The molecule has 4 aromatic heterocycles. The summed E-state index contributed by atoms with van der Waals surface area (Å²) in [5, 5.41) is 38.0. The second-order valence-electron chi connectivity index (χ2n) is 19.7. The van der Waals surface area contributed by atoms with Crippen LogP contribution in [0.5, 0.6) is 0 Å². The predicted octanol–water partition coefficient (Wildman–Crippen LogP) is 8.42. The third kappa shape index (κ3) is 6.43. The van der Waals surface area contributed by atoms with Crippen molar-refractivity contribution in [2.45, 2.75) is 104 Å². The zero-order valence-electron chi connectivity index (χ0n) is 35.8. The van der Waals surface area contributed by atoms with Gasteiger partial charge in [-0.25, -0.2) is 14.8 Å². The molecule has 1 aromatic carbocycles. The van der Waals surface area contributed by atoms with E-state index in [-0.39, 0.29) is 39.4 Å². The summed E-state index contributed by atoms with van der Waals surface area (Å²) in [5.41, 5.74) is 5.76. The molecule has 0 saturated heterocycles. The SMILES string of the molecule is Cc1c(Nc2nc3ccccc3s2)nnc2c1CCCN2c1ccc(-c2cnn(CC34CC5(C)CC6(OCCN(C)CCCC(=O)O)CC(C)(C3)C6(C5)C4)c2C)c(C(=O)O)n1. The quantitative estimate of drug-likeness (QED) is 0.0918. The normalized spacial score (nSPS) is 28.3. The van der Waals surface area contributed by atoms with Crippen LogP contribution in [0.1, 0.15) is 98.9 Å². The van der Waals surface area contributed by atoms with Crippen molar-refractivity contribution in [3.63, 3.8) is 0 Å². The summed E-state index contributed by atoms with van der Waals surface area (Å²) in [5.74, 6) is 0.0521. The number of hydrogen-bond donors (Lipinski definition) is 3. The number of benzene rings is 1. The van der Waals surface area contributed by atoms with Crippen molar-refractivity contribution in [2.75, 3.05) is 43.5 Å². The van der Waals surface area contributed by atoms with Gasteiger partial charge in [-0.05, 0) is 126 Å². The van der Waals surface area contributed by atoms with E-state index in [9.17, 15) is 14.7 Å². The van der Waals surface area contributed by atoms with E-state index < -0.39 is 11.9 Å². The number of carbonyl (C=O) groups is 2. The standard InChI is InChI=1S/C46H55N9O5S/c1-28-30-10-8-17-54(39(30)52-51-38(28)50-41-48-33-11-6-7-12-34(33)61-41)35-15-14-31(37(49-35)40(58)59)32-20-47-55(29(32)2)27-44-21-42(3)22-45(26-44)43(4,24-44)25-46(45,23-42)60-19-18-53(5)16-9-13-36(56)57/h6-7,11-12,14-15,20H,8-10,13,16-19,21-27H2,1-5H3,(H,56,57)(H,58,59)(H,48,50,51). The van der Waals surface area contributed by atoms with Crippen molar-refractivity contribution in [3.8, 4) is 11.1 Å². The molecular weight excluding hydrogens is 791 g/mol. The number of carboxylic acids is 2. The zero-order chi connectivity index (χ0) is 42.5. The first-order valence-electron chi connectivity index (χ1n) is 21.7. The average Bonchev–Trinajstić information content (AvgIpc) is 3.86. The van der Waals surface area contributed by atoms with Gasteiger partial charge in [0, 0.05) is 59.4 Å². The van der Waals surface area contributed by atoms with Crippen molar-refractivity contribution < 1.29 is 24.5 Å². The second-order valence-corrected chi connectivity index (χ2v) is 20.7. The molecule has 5 atom stereocenters. The van der Waals surface area contributed by atoms with Gasteiger partial charge in [0.1, 0.15) is 5.82 Å². The smallest absolute Gasteiger partial charge is 0.355 e. The largest absolute Gasteiger partial charge is 0.481 e. The lowest BCUT2D eigenvalue weighted by molar-refractivity contribution is -0.253. The van der Waals surface area contributed by atoms with Gasteiger partial charge in [-0.2, -0.15) is 5.10 Å². The summed E-state index contributed by atoms with van der Waals surface area (Å²) < 4.78 is 10.2. The molecule has 15 heteroatoms. The molecule has 5 unspecified atom stereocenters. The fourth-order valence-electron chi connectivity index (χ4n) is 13.4. The fourth-order valence-corrected chi connectivity index (χ4v) is 14.3. The Bertz CT molecular complexity index is 2560. The first kappa shape index (κ1) is 40.1. The Kier molecular flexibility index (Phi) is 9.39. The van der Waals surface area contributed by atoms with E-state index in [1.165, 1.54) is 6.42 Å². The van der Waals surface area contributed by atoms with Crippen molar-refractivity contribution in [1.82, 2.24) is 34.8 Å². The Morgan fingerprint density at radius 3 is 2.61 bits per heavy atom. The number of thiazole rings is 1. The van der Waals surface area contributed by atoms with Gasteiger partial charge in [0.15, 0.2) is 22.5 Å². The first-order chi connectivity index (χ1) is 29.1. The third-order valence-corrected chi connectivity index (χ3v) is 16.3. The molecule has 0 amide bonds. The number of rotatable bonds is 15. The Morgan fingerprint density at radius 2 is 1.80 bits per heavy atom. The maximum atomic E-state index is 13.0. The molecule has 5 aromatic rings. The topological polar surface area (TPSA) is 172 Å². The fraction of sp³-hybridized carbons (Fsp3) is 0.543. The summed E-state index contributed by atoms with van der Waals surface area (Å²) in [6.45, 7) is 12.7. The molecule has 320 valence electrons. The molecule has 4 aliphatic carbocycles. The lowest BCUT2D eigenvalue weighted by Gasteiger charge is -2.64. The molecule has 4 saturated carbocycles. The highest BCUT2D eigenvalue weighted by molar-refractivity contribution is 7.22. The van der Waals surface area contributed by atoms with Crippen LogP contribution in [0.2, 0.25) is 0 Å². The Morgan fingerprint density at radius 1 is 0.967 bits per heavy atom. The average molecular weight is 846 g/mol. The Labute approximate surface area is 359 Å². The number of aromatic nitrogens is 6. The van der Waals surface area contributed by atoms with E-state index in [4.69, 9.17) is 24.9 Å². The maximum Gasteiger partial charge on any atom is 0.355 e. The summed E-state index contributed by atoms with van der Waals surface area (Å²) in [6.07, 6.45) is 11.1. The summed E-state index contributed by atoms with van der Waals surface area (Å²) >= 11 is 1.57. The van der Waals surface area contributed by atoms with Crippen LogP contribution in [-0.2, 0) is 22.5 Å². The second kappa shape index (κ2) is 14.3. The van der Waals surface area contributed by atoms with E-state index in [2.05, 4.69) is 59.0 Å². The number of likely N-dealkylation sites (N-methyl/N-ethyl adjacent to an activating group) is 1. The molecule has 5 aliphatic rings. The van der Waals surface area contributed by atoms with Gasteiger partial charge >= 0.3 is 11.9 Å². The van der Waals surface area contributed by atoms with Gasteiger partial charge in [-0.15, -0.1) is 10.2 Å². The number of carboxylic acid groups (broad SMARTS) is 2. The van der Waals surface area contributed by atoms with Crippen molar-refractivity contribution >= 4 is 56.1 Å². The molecule has 1 spiro atoms. The molecular formula is C46H55N9O5S. The van der Waals surface area contributed by atoms with Gasteiger partial charge in [-0.1, -0.05) is 37.3 Å². The van der Waals surface area contributed by atoms with Crippen LogP contribution >= 0.6 is 11.3 Å². The zero-order valence-corrected chi connectivity index (χ0v) is 36.6. The number of anilines is 4. The van der Waals surface area contributed by atoms with E-state index in [1.807, 2.05) is 48.4 Å². The Balaban J connectivity index is 0.871. The summed E-state index contributed by atoms with van der Waals surface area (Å²) in [7, 11) is 2.05. The highest BCUT2D eigenvalue weighted by Crippen LogP contribution is 2.88. The molecule has 1 aliphatic heterocycles. The van der Waals surface area contributed by atoms with Crippen LogP contribution in [0.3, 0.4) is 0 Å². The highest BCUT2D eigenvalue weighted by Gasteiger charge is 2.85. The van der Waals surface area contributed by atoms with Crippen LogP contribution < -0.4 is 10.2 Å². The molecule has 4 fully saturated rings. The highest BCUT2D eigenvalue weighted by atomic mass is 32.1. The van der Waals surface area contributed by atoms with Crippen LogP contribution in [0, 0.1) is 35.5 Å². The minimum absolute atomic E-state index is 0.00719. The number of aliphatic carboxylic acids is 1. The number of aromatic carboxylic acids is 1. The molecule has 10 rings (SSSR count). The predicted molar refractivity (Wildman–Crippen MR) is 234 cm³/mol. The summed E-state index contributed by atoms with van der Waals surface area (Å²) in [4.78, 5) is 37.7. The number of pyridine rings is 1. The van der Waals surface area contributed by atoms with Crippen molar-refractivity contribution in [2.24, 2.45) is 21.7 Å². The minimum atomic E-state index is -1.09. The van der Waals surface area contributed by atoms with E-state index in [1.54, 1.807) is 11.3 Å². The number of nitrogens with one attached hydrogen (secondary N) is 1. The molecule has 14 nitrogen and oxygen atoms in total. The molecule has 3 N–H and O–H groups in total. The van der Waals surface area contributed by atoms with Gasteiger partial charge < -0.3 is 30.1 Å². The van der Waals surface area contributed by atoms with Crippen LogP contribution in [0.4, 0.5) is 22.6 Å². The number of fused-ring (bicyclic) bond motifs is 4. The van der Waals surface area contributed by atoms with Gasteiger partial charge in [-0.3, -0.25) is 9.48 Å². The number of hydrogen-bond acceptors (Lipinski definition) is 12. The van der Waals surface area contributed by atoms with Gasteiger partial charge in [0.25, 0.3) is 0 Å². The van der Waals surface area contributed by atoms with Crippen LogP contribution in [-0.4, -0.2) is 95.9 Å². The molecule has 5 heterocycles. The van der Waals surface area contributed by atoms with Crippen LogP contribution in [0.15, 0.2) is 42.6 Å². The lowest BCUT2D eigenvalue weighted by Crippen LogP contribution is -2.65. The molecule has 61 heavy (non-hydrogen) atoms. The monoisotopic (exact) mass is 845 g/mol. The van der Waals surface area contributed by atoms with Gasteiger partial charge in [0.2, 0.25) is 0 Å². The molecule has 0 radical (unpaired) electrons. The maximum absolute atomic E-state index is 13.0. The number of para-hydroxylation sites is 1. The number of ether oxygens (including phenoxy) is 1. The van der Waals surface area contributed by atoms with E-state index in [0.717, 1.165) is 102 Å². The third-order valence-electron chi connectivity index (χ3n) is 15.3. The molecule has 3 bridgehead atoms. The Hall–Kier alpha value is -4.99.